The van der Waals surface area contributed by atoms with Crippen molar-refractivity contribution in [2.75, 3.05) is 40.3 Å². The predicted octanol–water partition coefficient (Wildman–Crippen LogP) is 1.27. The highest BCUT2D eigenvalue weighted by Crippen LogP contribution is 2.19. The fourth-order valence-corrected chi connectivity index (χ4v) is 3.47. The zero-order valence-electron chi connectivity index (χ0n) is 14.0. The molecule has 0 amide bonds. The summed E-state index contributed by atoms with van der Waals surface area (Å²) in [4.78, 5) is 4.86. The summed E-state index contributed by atoms with van der Waals surface area (Å²) in [6.45, 7) is 9.46. The number of aliphatic hydroxyl groups is 1. The number of likely N-dealkylation sites (tertiary alicyclic amines) is 1. The lowest BCUT2D eigenvalue weighted by molar-refractivity contribution is 0.163. The number of nitrogens with zero attached hydrogens (tertiary/aromatic N) is 4. The van der Waals surface area contributed by atoms with Gasteiger partial charge in [0.05, 0.1) is 18.8 Å². The fourth-order valence-electron chi connectivity index (χ4n) is 3.47. The molecule has 1 aromatic heterocycles. The Morgan fingerprint density at radius 3 is 2.81 bits per heavy atom. The van der Waals surface area contributed by atoms with E-state index >= 15 is 0 Å². The van der Waals surface area contributed by atoms with E-state index in [9.17, 15) is 0 Å². The van der Waals surface area contributed by atoms with Crippen molar-refractivity contribution in [3.8, 4) is 0 Å². The first-order chi connectivity index (χ1) is 10.0. The summed E-state index contributed by atoms with van der Waals surface area (Å²) in [5.41, 5.74) is 3.60. The van der Waals surface area contributed by atoms with Crippen molar-refractivity contribution in [3.63, 3.8) is 0 Å². The van der Waals surface area contributed by atoms with Gasteiger partial charge in [-0.1, -0.05) is 0 Å². The molecule has 1 fully saturated rings. The molecule has 0 spiro atoms. The van der Waals surface area contributed by atoms with Crippen LogP contribution in [-0.4, -0.2) is 65.0 Å². The lowest BCUT2D eigenvalue weighted by Crippen LogP contribution is -2.37. The highest BCUT2D eigenvalue weighted by Gasteiger charge is 2.20. The second-order valence-corrected chi connectivity index (χ2v) is 6.56. The highest BCUT2D eigenvalue weighted by atomic mass is 16.3. The van der Waals surface area contributed by atoms with E-state index in [4.69, 9.17) is 5.11 Å². The van der Waals surface area contributed by atoms with Crippen LogP contribution in [0.25, 0.3) is 0 Å². The highest BCUT2D eigenvalue weighted by molar-refractivity contribution is 5.24. The van der Waals surface area contributed by atoms with Gasteiger partial charge < -0.3 is 14.9 Å². The lowest BCUT2D eigenvalue weighted by atomic mass is 9.98. The third kappa shape index (κ3) is 4.28. The van der Waals surface area contributed by atoms with Crippen LogP contribution in [0.3, 0.4) is 0 Å². The van der Waals surface area contributed by atoms with Crippen molar-refractivity contribution in [1.29, 1.82) is 0 Å². The molecule has 1 N–H and O–H groups in total. The smallest absolute Gasteiger partial charge is 0.0644 e. The van der Waals surface area contributed by atoms with Crippen molar-refractivity contribution >= 4 is 0 Å². The molecule has 0 aliphatic carbocycles. The third-order valence-electron chi connectivity index (χ3n) is 4.56. The molecule has 0 radical (unpaired) electrons. The number of aliphatic hydroxyl groups excluding tert-OH is 1. The molecule has 1 aliphatic rings. The Bertz CT molecular complexity index is 457. The molecule has 0 aromatic carbocycles. The number of hydrogen-bond donors (Lipinski definition) is 1. The zero-order chi connectivity index (χ0) is 15.4. The Balaban J connectivity index is 1.94. The maximum Gasteiger partial charge on any atom is 0.0644 e. The number of rotatable bonds is 6. The number of hydrogen-bond acceptors (Lipinski definition) is 4. The molecule has 5 nitrogen and oxygen atoms in total. The zero-order valence-corrected chi connectivity index (χ0v) is 14.0. The molecule has 1 aromatic rings. The van der Waals surface area contributed by atoms with Crippen LogP contribution in [0.2, 0.25) is 0 Å². The van der Waals surface area contributed by atoms with Crippen LogP contribution in [-0.2, 0) is 13.1 Å². The van der Waals surface area contributed by atoms with Crippen molar-refractivity contribution in [2.24, 2.45) is 5.92 Å². The van der Waals surface area contributed by atoms with E-state index in [0.717, 1.165) is 24.7 Å². The molecular formula is C16H30N4O. The molecule has 1 atom stereocenters. The Morgan fingerprint density at radius 2 is 2.14 bits per heavy atom. The second kappa shape index (κ2) is 7.38. The van der Waals surface area contributed by atoms with Gasteiger partial charge in [0.25, 0.3) is 0 Å². The van der Waals surface area contributed by atoms with E-state index in [1.807, 2.05) is 4.68 Å². The summed E-state index contributed by atoms with van der Waals surface area (Å²) in [6, 6.07) is 0. The van der Waals surface area contributed by atoms with Gasteiger partial charge in [-0.05, 0) is 53.2 Å². The molecule has 5 heteroatoms. The third-order valence-corrected chi connectivity index (χ3v) is 4.56. The molecule has 1 saturated heterocycles. The fraction of sp³-hybridized carbons (Fsp3) is 0.812. The molecule has 0 bridgehead atoms. The summed E-state index contributed by atoms with van der Waals surface area (Å²) in [5.74, 6) is 0.779. The van der Waals surface area contributed by atoms with Crippen LogP contribution in [0.15, 0.2) is 0 Å². The van der Waals surface area contributed by atoms with Crippen LogP contribution in [0, 0.1) is 19.8 Å². The molecule has 0 saturated carbocycles. The standard InChI is InChI=1S/C16H30N4O/c1-13-16(14(2)20(17-13)8-9-21)12-19(4)11-15-6-5-7-18(3)10-15/h15,21H,5-12H2,1-4H3. The van der Waals surface area contributed by atoms with Gasteiger partial charge in [0.2, 0.25) is 0 Å². The van der Waals surface area contributed by atoms with E-state index in [-0.39, 0.29) is 6.61 Å². The first kappa shape index (κ1) is 16.5. The van der Waals surface area contributed by atoms with Crippen molar-refractivity contribution in [2.45, 2.75) is 39.8 Å². The van der Waals surface area contributed by atoms with Gasteiger partial charge in [0, 0.05) is 30.9 Å². The van der Waals surface area contributed by atoms with Gasteiger partial charge in [0.1, 0.15) is 0 Å². The molecule has 1 aliphatic heterocycles. The summed E-state index contributed by atoms with van der Waals surface area (Å²) in [7, 11) is 4.43. The molecule has 21 heavy (non-hydrogen) atoms. The van der Waals surface area contributed by atoms with Gasteiger partial charge in [-0.2, -0.15) is 5.10 Å². The average molecular weight is 294 g/mol. The SMILES string of the molecule is Cc1nn(CCO)c(C)c1CN(C)CC1CCCN(C)C1. The van der Waals surface area contributed by atoms with Gasteiger partial charge in [-0.25, -0.2) is 0 Å². The monoisotopic (exact) mass is 294 g/mol. The van der Waals surface area contributed by atoms with Gasteiger partial charge >= 0.3 is 0 Å². The Kier molecular flexibility index (Phi) is 5.79. The molecule has 120 valence electrons. The Morgan fingerprint density at radius 1 is 1.38 bits per heavy atom. The minimum atomic E-state index is 0.144. The van der Waals surface area contributed by atoms with Crippen LogP contribution >= 0.6 is 0 Å². The first-order valence-corrected chi connectivity index (χ1v) is 8.02. The summed E-state index contributed by atoms with van der Waals surface area (Å²) in [5, 5.41) is 13.6. The maximum atomic E-state index is 9.09. The first-order valence-electron chi connectivity index (χ1n) is 8.02. The summed E-state index contributed by atoms with van der Waals surface area (Å²) >= 11 is 0. The largest absolute Gasteiger partial charge is 0.394 e. The van der Waals surface area contributed by atoms with E-state index in [0.29, 0.717) is 6.54 Å². The minimum absolute atomic E-state index is 0.144. The van der Waals surface area contributed by atoms with Gasteiger partial charge in [0.15, 0.2) is 0 Å². The normalized spacial score (nSPS) is 20.4. The molecule has 2 rings (SSSR count). The minimum Gasteiger partial charge on any atom is -0.394 e. The van der Waals surface area contributed by atoms with E-state index in [1.54, 1.807) is 0 Å². The number of aromatic nitrogens is 2. The topological polar surface area (TPSA) is 44.5 Å². The van der Waals surface area contributed by atoms with Crippen LogP contribution in [0.1, 0.15) is 29.8 Å². The average Bonchev–Trinajstić information content (AvgIpc) is 2.67. The number of piperidine rings is 1. The molecule has 1 unspecified atom stereocenters. The molecular weight excluding hydrogens is 264 g/mol. The van der Waals surface area contributed by atoms with Crippen molar-refractivity contribution in [1.82, 2.24) is 19.6 Å². The maximum absolute atomic E-state index is 9.09. The van der Waals surface area contributed by atoms with E-state index < -0.39 is 0 Å². The Labute approximate surface area is 128 Å². The lowest BCUT2D eigenvalue weighted by Gasteiger charge is -2.32. The Hall–Kier alpha value is -0.910. The predicted molar refractivity (Wildman–Crippen MR) is 85.3 cm³/mol. The quantitative estimate of drug-likeness (QED) is 0.858. The summed E-state index contributed by atoms with van der Waals surface area (Å²) in [6.07, 6.45) is 2.66. The summed E-state index contributed by atoms with van der Waals surface area (Å²) < 4.78 is 1.92. The number of aryl methyl sites for hydroxylation is 1. The van der Waals surface area contributed by atoms with Gasteiger partial charge in [-0.3, -0.25) is 4.68 Å². The van der Waals surface area contributed by atoms with Crippen LogP contribution in [0.5, 0.6) is 0 Å². The molecule has 2 heterocycles. The second-order valence-electron chi connectivity index (χ2n) is 6.56. The van der Waals surface area contributed by atoms with Crippen LogP contribution in [0.4, 0.5) is 0 Å². The van der Waals surface area contributed by atoms with Crippen molar-refractivity contribution < 1.29 is 5.11 Å². The van der Waals surface area contributed by atoms with Crippen molar-refractivity contribution in [3.05, 3.63) is 17.0 Å². The van der Waals surface area contributed by atoms with Crippen LogP contribution < -0.4 is 0 Å². The van der Waals surface area contributed by atoms with E-state index in [1.165, 1.54) is 37.2 Å². The van der Waals surface area contributed by atoms with E-state index in [2.05, 4.69) is 42.8 Å². The van der Waals surface area contributed by atoms with Gasteiger partial charge in [-0.15, -0.1) is 0 Å².